The van der Waals surface area contributed by atoms with E-state index in [-0.39, 0.29) is 11.6 Å². The number of nitrogens with one attached hydrogen (secondary N) is 1. The van der Waals surface area contributed by atoms with Crippen molar-refractivity contribution < 1.29 is 0 Å². The van der Waals surface area contributed by atoms with Crippen molar-refractivity contribution in [3.05, 3.63) is 22.1 Å². The number of H-pyrrole nitrogens is 1. The first-order valence-corrected chi connectivity index (χ1v) is 5.56. The largest absolute Gasteiger partial charge is 0.327 e. The Hall–Kier alpha value is -0.810. The van der Waals surface area contributed by atoms with Crippen molar-refractivity contribution in [3.8, 4) is 0 Å². The minimum Gasteiger partial charge on any atom is -0.327 e. The van der Waals surface area contributed by atoms with E-state index in [1.807, 2.05) is 6.92 Å². The van der Waals surface area contributed by atoms with Crippen LogP contribution in [0.25, 0.3) is 0 Å². The van der Waals surface area contributed by atoms with Gasteiger partial charge in [0.1, 0.15) is 0 Å². The molecule has 0 aliphatic heterocycles. The van der Waals surface area contributed by atoms with Crippen LogP contribution in [0.2, 0.25) is 0 Å². The summed E-state index contributed by atoms with van der Waals surface area (Å²) < 4.78 is 0. The molecule has 78 valence electrons. The topological polar surface area (TPSA) is 71.8 Å². The Morgan fingerprint density at radius 2 is 2.43 bits per heavy atom. The molecule has 0 aliphatic rings. The monoisotopic (exact) mass is 213 g/mol. The van der Waals surface area contributed by atoms with Gasteiger partial charge in [-0.25, -0.2) is 4.98 Å². The molecule has 1 atom stereocenters. The molecule has 0 aliphatic carbocycles. The fourth-order valence-corrected chi connectivity index (χ4v) is 1.91. The van der Waals surface area contributed by atoms with Crippen LogP contribution < -0.4 is 11.3 Å². The van der Waals surface area contributed by atoms with Gasteiger partial charge in [-0.05, 0) is 13.3 Å². The molecule has 1 aromatic heterocycles. The number of hydrogen-bond acceptors (Lipinski definition) is 4. The Balaban J connectivity index is 2.63. The molecule has 0 fully saturated rings. The molecule has 1 heterocycles. The smallest absolute Gasteiger partial charge is 0.251 e. The molecular weight excluding hydrogens is 198 g/mol. The van der Waals surface area contributed by atoms with Crippen LogP contribution in [0.1, 0.15) is 19.0 Å². The Bertz CT molecular complexity index is 350. The maximum atomic E-state index is 11.1. The van der Waals surface area contributed by atoms with Crippen LogP contribution in [0.15, 0.2) is 16.0 Å². The van der Waals surface area contributed by atoms with E-state index in [9.17, 15) is 4.79 Å². The normalized spacial score (nSPS) is 12.8. The fraction of sp³-hybridized carbons (Fsp3) is 0.556. The van der Waals surface area contributed by atoms with E-state index < -0.39 is 0 Å². The molecule has 0 spiro atoms. The molecule has 4 nitrogen and oxygen atoms in total. The summed E-state index contributed by atoms with van der Waals surface area (Å²) in [5, 5.41) is 0.652. The molecule has 0 bridgehead atoms. The third-order valence-electron chi connectivity index (χ3n) is 1.81. The average molecular weight is 213 g/mol. The lowest BCUT2D eigenvalue weighted by Gasteiger charge is -2.06. The predicted octanol–water partition coefficient (Wildman–Crippen LogP) is 0.908. The van der Waals surface area contributed by atoms with Gasteiger partial charge in [0.05, 0.1) is 0 Å². The van der Waals surface area contributed by atoms with Crippen molar-refractivity contribution in [2.45, 2.75) is 31.5 Å². The molecule has 0 aromatic carbocycles. The number of nitrogens with zero attached hydrogens (tertiary/aromatic N) is 1. The van der Waals surface area contributed by atoms with E-state index in [0.717, 1.165) is 17.9 Å². The Morgan fingerprint density at radius 3 is 3.00 bits per heavy atom. The van der Waals surface area contributed by atoms with Crippen molar-refractivity contribution in [1.82, 2.24) is 9.97 Å². The minimum atomic E-state index is -0.106. The van der Waals surface area contributed by atoms with Crippen molar-refractivity contribution in [2.75, 3.05) is 5.75 Å². The summed E-state index contributed by atoms with van der Waals surface area (Å²) in [5.74, 6) is 0.781. The summed E-state index contributed by atoms with van der Waals surface area (Å²) in [6.07, 6.45) is 0.934. The highest BCUT2D eigenvalue weighted by molar-refractivity contribution is 7.99. The summed E-state index contributed by atoms with van der Waals surface area (Å²) in [6.45, 7) is 3.84. The van der Waals surface area contributed by atoms with Gasteiger partial charge in [-0.3, -0.25) is 4.79 Å². The molecule has 1 aromatic rings. The molecule has 0 saturated heterocycles. The number of hydrogen-bond donors (Lipinski definition) is 2. The lowest BCUT2D eigenvalue weighted by atomic mass is 10.3. The highest BCUT2D eigenvalue weighted by Gasteiger charge is 2.03. The van der Waals surface area contributed by atoms with Gasteiger partial charge in [0.15, 0.2) is 5.16 Å². The maximum Gasteiger partial charge on any atom is 0.251 e. The van der Waals surface area contributed by atoms with Crippen LogP contribution in [-0.4, -0.2) is 21.8 Å². The van der Waals surface area contributed by atoms with Gasteiger partial charge in [-0.1, -0.05) is 18.7 Å². The van der Waals surface area contributed by atoms with E-state index in [1.165, 1.54) is 17.8 Å². The summed E-state index contributed by atoms with van der Waals surface area (Å²) in [4.78, 5) is 17.9. The van der Waals surface area contributed by atoms with Gasteiger partial charge < -0.3 is 10.7 Å². The van der Waals surface area contributed by atoms with Crippen LogP contribution in [0.5, 0.6) is 0 Å². The predicted molar refractivity (Wildman–Crippen MR) is 58.6 cm³/mol. The quantitative estimate of drug-likeness (QED) is 0.576. The van der Waals surface area contributed by atoms with Crippen LogP contribution in [0.4, 0.5) is 0 Å². The van der Waals surface area contributed by atoms with E-state index in [4.69, 9.17) is 5.73 Å². The second kappa shape index (κ2) is 5.17. The lowest BCUT2D eigenvalue weighted by molar-refractivity contribution is 0.722. The summed E-state index contributed by atoms with van der Waals surface area (Å²) >= 11 is 1.49. The zero-order chi connectivity index (χ0) is 10.6. The summed E-state index contributed by atoms with van der Waals surface area (Å²) in [6, 6.07) is 1.63. The third-order valence-corrected chi connectivity index (χ3v) is 2.87. The van der Waals surface area contributed by atoms with Crippen LogP contribution in [0, 0.1) is 6.92 Å². The number of aromatic amines is 1. The molecular formula is C9H15N3OS. The molecule has 0 radical (unpaired) electrons. The minimum absolute atomic E-state index is 0.106. The van der Waals surface area contributed by atoms with Crippen LogP contribution >= 0.6 is 11.8 Å². The standard InChI is InChI=1S/C9H15N3OS/c1-3-7(10)5-14-9-11-6(2)4-8(13)12-9/h4,7H,3,5,10H2,1-2H3,(H,11,12,13). The van der Waals surface area contributed by atoms with E-state index >= 15 is 0 Å². The number of nitrogens with two attached hydrogens (primary N) is 1. The molecule has 0 amide bonds. The third kappa shape index (κ3) is 3.51. The van der Waals surface area contributed by atoms with Crippen molar-refractivity contribution in [3.63, 3.8) is 0 Å². The van der Waals surface area contributed by atoms with Crippen LogP contribution in [0.3, 0.4) is 0 Å². The zero-order valence-corrected chi connectivity index (χ0v) is 9.23. The molecule has 3 N–H and O–H groups in total. The van der Waals surface area contributed by atoms with Crippen molar-refractivity contribution >= 4 is 11.8 Å². The summed E-state index contributed by atoms with van der Waals surface area (Å²) in [5.41, 5.74) is 6.39. The molecule has 0 saturated carbocycles. The first-order chi connectivity index (χ1) is 6.61. The van der Waals surface area contributed by atoms with E-state index in [2.05, 4.69) is 9.97 Å². The second-order valence-corrected chi connectivity index (χ2v) is 4.18. The number of aromatic nitrogens is 2. The maximum absolute atomic E-state index is 11.1. The molecule has 1 rings (SSSR count). The first-order valence-electron chi connectivity index (χ1n) is 4.58. The molecule has 1 unspecified atom stereocenters. The van der Waals surface area contributed by atoms with E-state index in [1.54, 1.807) is 6.92 Å². The Labute approximate surface area is 87.3 Å². The number of thioether (sulfide) groups is 1. The average Bonchev–Trinajstić information content (AvgIpc) is 2.12. The second-order valence-electron chi connectivity index (χ2n) is 3.17. The first kappa shape index (κ1) is 11.3. The van der Waals surface area contributed by atoms with Crippen molar-refractivity contribution in [2.24, 2.45) is 5.73 Å². The lowest BCUT2D eigenvalue weighted by Crippen LogP contribution is -2.21. The summed E-state index contributed by atoms with van der Waals surface area (Å²) in [7, 11) is 0. The number of aryl methyl sites for hydroxylation is 1. The Morgan fingerprint density at radius 1 is 1.71 bits per heavy atom. The number of rotatable bonds is 4. The SMILES string of the molecule is CCC(N)CSc1nc(C)cc(=O)[nH]1. The van der Waals surface area contributed by atoms with E-state index in [0.29, 0.717) is 5.16 Å². The van der Waals surface area contributed by atoms with Gasteiger partial charge in [0.25, 0.3) is 5.56 Å². The highest BCUT2D eigenvalue weighted by atomic mass is 32.2. The van der Waals surface area contributed by atoms with Gasteiger partial charge in [-0.2, -0.15) is 0 Å². The fourth-order valence-electron chi connectivity index (χ4n) is 0.924. The van der Waals surface area contributed by atoms with Crippen molar-refractivity contribution in [1.29, 1.82) is 0 Å². The molecule has 14 heavy (non-hydrogen) atoms. The van der Waals surface area contributed by atoms with Crippen LogP contribution in [-0.2, 0) is 0 Å². The highest BCUT2D eigenvalue weighted by Crippen LogP contribution is 2.12. The van der Waals surface area contributed by atoms with Gasteiger partial charge >= 0.3 is 0 Å². The molecule has 5 heteroatoms. The Kier molecular flexibility index (Phi) is 4.16. The van der Waals surface area contributed by atoms with Gasteiger partial charge in [0.2, 0.25) is 0 Å². The van der Waals surface area contributed by atoms with Gasteiger partial charge in [-0.15, -0.1) is 0 Å². The zero-order valence-electron chi connectivity index (χ0n) is 8.41. The van der Waals surface area contributed by atoms with Gasteiger partial charge in [0, 0.05) is 23.6 Å².